The third-order valence-corrected chi connectivity index (χ3v) is 3.76. The summed E-state index contributed by atoms with van der Waals surface area (Å²) in [6.07, 6.45) is 10.0. The number of aryl methyl sites for hydroxylation is 1. The first-order chi connectivity index (χ1) is 8.74. The molecule has 1 aromatic heterocycles. The lowest BCUT2D eigenvalue weighted by atomic mass is 9.95. The quantitative estimate of drug-likeness (QED) is 0.797. The topological polar surface area (TPSA) is 50.5 Å². The van der Waals surface area contributed by atoms with Gasteiger partial charge in [0.1, 0.15) is 0 Å². The Morgan fingerprint density at radius 3 is 2.72 bits per heavy atom. The van der Waals surface area contributed by atoms with Crippen molar-refractivity contribution in [1.29, 1.82) is 0 Å². The van der Waals surface area contributed by atoms with Gasteiger partial charge < -0.3 is 0 Å². The van der Waals surface area contributed by atoms with Gasteiger partial charge in [-0.15, -0.1) is 0 Å². The average molecular weight is 246 g/mol. The largest absolute Gasteiger partial charge is 0.275 e. The van der Waals surface area contributed by atoms with Gasteiger partial charge in [0.05, 0.1) is 24.4 Å². The fraction of sp³-hybridized carbons (Fsp3) is 0.615. The number of rotatable bonds is 2. The predicted molar refractivity (Wildman–Crippen MR) is 68.1 cm³/mol. The van der Waals surface area contributed by atoms with Crippen LogP contribution in [-0.2, 0) is 11.8 Å². The maximum Gasteiger partial charge on any atom is 0.249 e. The van der Waals surface area contributed by atoms with E-state index in [0.717, 1.165) is 24.1 Å². The van der Waals surface area contributed by atoms with Gasteiger partial charge >= 0.3 is 0 Å². The predicted octanol–water partition coefficient (Wildman–Crippen LogP) is 1.69. The molecule has 0 bridgehead atoms. The Morgan fingerprint density at radius 1 is 1.28 bits per heavy atom. The van der Waals surface area contributed by atoms with Crippen molar-refractivity contribution < 1.29 is 4.79 Å². The van der Waals surface area contributed by atoms with Gasteiger partial charge in [-0.2, -0.15) is 10.2 Å². The van der Waals surface area contributed by atoms with Crippen LogP contribution in [0, 0.1) is 0 Å². The first kappa shape index (κ1) is 11.4. The minimum absolute atomic E-state index is 0.140. The van der Waals surface area contributed by atoms with Crippen LogP contribution in [0.2, 0.25) is 0 Å². The number of hydrogen-bond donors (Lipinski definition) is 0. The number of amides is 1. The van der Waals surface area contributed by atoms with Crippen LogP contribution in [0.5, 0.6) is 0 Å². The second-order valence-corrected chi connectivity index (χ2v) is 5.16. The first-order valence-corrected chi connectivity index (χ1v) is 6.62. The minimum Gasteiger partial charge on any atom is -0.275 e. The summed E-state index contributed by atoms with van der Waals surface area (Å²) in [7, 11) is 1.87. The van der Waals surface area contributed by atoms with Crippen LogP contribution in [-0.4, -0.2) is 32.5 Å². The molecule has 1 aliphatic carbocycles. The molecule has 1 amide bonds. The van der Waals surface area contributed by atoms with Crippen LogP contribution in [0.1, 0.15) is 44.1 Å². The fourth-order valence-corrected chi connectivity index (χ4v) is 2.79. The van der Waals surface area contributed by atoms with Crippen molar-refractivity contribution in [3.05, 3.63) is 18.0 Å². The van der Waals surface area contributed by atoms with E-state index in [1.165, 1.54) is 19.3 Å². The molecule has 1 fully saturated rings. The lowest BCUT2D eigenvalue weighted by Gasteiger charge is -2.27. The highest BCUT2D eigenvalue weighted by atomic mass is 16.2. The summed E-state index contributed by atoms with van der Waals surface area (Å²) < 4.78 is 1.74. The summed E-state index contributed by atoms with van der Waals surface area (Å²) in [6.45, 7) is 0. The van der Waals surface area contributed by atoms with Gasteiger partial charge in [0, 0.05) is 18.8 Å². The monoisotopic (exact) mass is 246 g/mol. The van der Waals surface area contributed by atoms with Crippen LogP contribution in [0.25, 0.3) is 0 Å². The van der Waals surface area contributed by atoms with E-state index in [0.29, 0.717) is 12.5 Å². The summed E-state index contributed by atoms with van der Waals surface area (Å²) in [6, 6.07) is 0.320. The second kappa shape index (κ2) is 4.55. The van der Waals surface area contributed by atoms with Crippen molar-refractivity contribution in [2.45, 2.75) is 44.6 Å². The van der Waals surface area contributed by atoms with E-state index in [1.54, 1.807) is 15.9 Å². The highest BCUT2D eigenvalue weighted by Crippen LogP contribution is 2.26. The van der Waals surface area contributed by atoms with E-state index >= 15 is 0 Å². The summed E-state index contributed by atoms with van der Waals surface area (Å²) in [5, 5.41) is 10.4. The molecule has 0 unspecified atom stereocenters. The number of nitrogens with zero attached hydrogens (tertiary/aromatic N) is 4. The van der Waals surface area contributed by atoms with Crippen molar-refractivity contribution in [2.75, 3.05) is 0 Å². The van der Waals surface area contributed by atoms with Crippen molar-refractivity contribution in [3.63, 3.8) is 0 Å². The Bertz CT molecular complexity index is 485. The fourth-order valence-electron chi connectivity index (χ4n) is 2.79. The highest BCUT2D eigenvalue weighted by Gasteiger charge is 2.31. The average Bonchev–Trinajstić information content (AvgIpc) is 2.97. The smallest absolute Gasteiger partial charge is 0.249 e. The Labute approximate surface area is 106 Å². The maximum absolute atomic E-state index is 12.0. The Morgan fingerprint density at radius 2 is 2.06 bits per heavy atom. The molecular formula is C13H18N4O. The molecule has 3 rings (SSSR count). The second-order valence-electron chi connectivity index (χ2n) is 5.16. The number of carbonyl (C=O) groups excluding carboxylic acids is 1. The van der Waals surface area contributed by atoms with E-state index in [4.69, 9.17) is 0 Å². The number of carbonyl (C=O) groups is 1. The van der Waals surface area contributed by atoms with Crippen molar-refractivity contribution in [2.24, 2.45) is 12.1 Å². The van der Waals surface area contributed by atoms with Crippen molar-refractivity contribution in [1.82, 2.24) is 14.8 Å². The molecule has 0 spiro atoms. The van der Waals surface area contributed by atoms with Crippen LogP contribution < -0.4 is 0 Å². The molecular weight excluding hydrogens is 228 g/mol. The molecule has 1 aliphatic heterocycles. The molecule has 0 atom stereocenters. The summed E-state index contributed by atoms with van der Waals surface area (Å²) in [5.41, 5.74) is 1.82. The van der Waals surface area contributed by atoms with Crippen LogP contribution in [0.4, 0.5) is 0 Å². The lowest BCUT2D eigenvalue weighted by molar-refractivity contribution is -0.131. The Kier molecular flexibility index (Phi) is 2.89. The van der Waals surface area contributed by atoms with E-state index in [2.05, 4.69) is 10.2 Å². The zero-order valence-corrected chi connectivity index (χ0v) is 10.7. The lowest BCUT2D eigenvalue weighted by Crippen LogP contribution is -2.34. The molecule has 96 valence electrons. The van der Waals surface area contributed by atoms with E-state index < -0.39 is 0 Å². The molecule has 18 heavy (non-hydrogen) atoms. The molecule has 2 heterocycles. The van der Waals surface area contributed by atoms with E-state index in [-0.39, 0.29) is 5.91 Å². The number of hydrogen-bond acceptors (Lipinski definition) is 3. The zero-order chi connectivity index (χ0) is 12.5. The van der Waals surface area contributed by atoms with E-state index in [1.807, 2.05) is 13.2 Å². The standard InChI is InChI=1S/C13H18N4O/c1-16-9-10(8-14-16)12-7-13(18)17(15-12)11-5-3-2-4-6-11/h8-9,11H,2-7H2,1H3. The van der Waals surface area contributed by atoms with Crippen LogP contribution in [0.15, 0.2) is 17.5 Å². The maximum atomic E-state index is 12.0. The van der Waals surface area contributed by atoms with Gasteiger partial charge in [-0.1, -0.05) is 19.3 Å². The van der Waals surface area contributed by atoms with Gasteiger partial charge in [0.15, 0.2) is 0 Å². The molecule has 2 aliphatic rings. The Balaban J connectivity index is 1.79. The molecule has 0 saturated heterocycles. The molecule has 0 aromatic carbocycles. The molecule has 5 heteroatoms. The molecule has 1 aromatic rings. The van der Waals surface area contributed by atoms with Crippen LogP contribution in [0.3, 0.4) is 0 Å². The first-order valence-electron chi connectivity index (χ1n) is 6.62. The van der Waals surface area contributed by atoms with Gasteiger partial charge in [-0.3, -0.25) is 9.48 Å². The van der Waals surface area contributed by atoms with Crippen molar-refractivity contribution >= 4 is 11.6 Å². The highest BCUT2D eigenvalue weighted by molar-refractivity contribution is 6.13. The summed E-state index contributed by atoms with van der Waals surface area (Å²) in [4.78, 5) is 12.0. The molecule has 5 nitrogen and oxygen atoms in total. The van der Waals surface area contributed by atoms with Gasteiger partial charge in [-0.25, -0.2) is 5.01 Å². The van der Waals surface area contributed by atoms with E-state index in [9.17, 15) is 4.79 Å². The zero-order valence-electron chi connectivity index (χ0n) is 10.7. The number of aromatic nitrogens is 2. The van der Waals surface area contributed by atoms with Crippen LogP contribution >= 0.6 is 0 Å². The van der Waals surface area contributed by atoms with Gasteiger partial charge in [0.2, 0.25) is 5.91 Å². The minimum atomic E-state index is 0.140. The molecule has 1 saturated carbocycles. The molecule has 0 N–H and O–H groups in total. The Hall–Kier alpha value is -1.65. The van der Waals surface area contributed by atoms with Gasteiger partial charge in [0.25, 0.3) is 0 Å². The SMILES string of the molecule is Cn1cc(C2=NN(C3CCCCC3)C(=O)C2)cn1. The number of hydrazone groups is 1. The van der Waals surface area contributed by atoms with Crippen molar-refractivity contribution in [3.8, 4) is 0 Å². The normalized spacial score (nSPS) is 21.5. The summed E-state index contributed by atoms with van der Waals surface area (Å²) in [5.74, 6) is 0.140. The van der Waals surface area contributed by atoms with Gasteiger partial charge in [-0.05, 0) is 12.8 Å². The molecule has 0 radical (unpaired) electrons. The third kappa shape index (κ3) is 2.05. The third-order valence-electron chi connectivity index (χ3n) is 3.76. The summed E-state index contributed by atoms with van der Waals surface area (Å²) >= 11 is 0.